The number of fused-ring (bicyclic) bond motifs is 1. The van der Waals surface area contributed by atoms with Gasteiger partial charge in [0.25, 0.3) is 0 Å². The Bertz CT molecular complexity index is 1880. The topological polar surface area (TPSA) is 210 Å². The van der Waals surface area contributed by atoms with E-state index >= 15 is 0 Å². The molecule has 0 bridgehead atoms. The predicted octanol–water partition coefficient (Wildman–Crippen LogP) is 5.07. The summed E-state index contributed by atoms with van der Waals surface area (Å²) < 4.78 is 11.5. The van der Waals surface area contributed by atoms with Crippen LogP contribution >= 0.6 is 0 Å². The van der Waals surface area contributed by atoms with E-state index in [-0.39, 0.29) is 17.2 Å². The fourth-order valence-corrected chi connectivity index (χ4v) is 5.65. The molecule has 0 amide bonds. The minimum Gasteiger partial charge on any atom is -0.478 e. The van der Waals surface area contributed by atoms with Gasteiger partial charge in [-0.05, 0) is 49.1 Å². The van der Waals surface area contributed by atoms with Crippen molar-refractivity contribution in [3.63, 3.8) is 0 Å². The molecule has 3 heterocycles. The molecule has 6 rings (SSSR count). The number of aromatic amines is 1. The molecule has 3 N–H and O–H groups in total. The van der Waals surface area contributed by atoms with E-state index in [1.807, 2.05) is 29.3 Å². The van der Waals surface area contributed by atoms with E-state index in [2.05, 4.69) is 26.1 Å². The number of nitrogens with zero attached hydrogens (tertiary/aromatic N) is 5. The Morgan fingerprint density at radius 2 is 1.45 bits per heavy atom. The molecule has 5 aromatic rings. The zero-order chi connectivity index (χ0) is 34.8. The van der Waals surface area contributed by atoms with E-state index in [4.69, 9.17) is 9.47 Å². The number of carbonyl (C=O) groups excluding carboxylic acids is 2. The summed E-state index contributed by atoms with van der Waals surface area (Å²) in [5, 5.41) is 33.2. The second-order valence-electron chi connectivity index (χ2n) is 11.2. The number of H-pyrrole nitrogens is 1. The number of hydrogen-bond acceptors (Lipinski definition) is 10. The van der Waals surface area contributed by atoms with E-state index in [0.29, 0.717) is 12.3 Å². The molecule has 1 aliphatic rings. The van der Waals surface area contributed by atoms with Crippen LogP contribution in [0.5, 0.6) is 0 Å². The summed E-state index contributed by atoms with van der Waals surface area (Å²) in [4.78, 5) is 58.6. The van der Waals surface area contributed by atoms with Crippen LogP contribution in [-0.2, 0) is 19.1 Å². The molecule has 14 heteroatoms. The normalized spacial score (nSPS) is 14.4. The minimum atomic E-state index is -2.21. The molecular formula is C35H32N6O8. The van der Waals surface area contributed by atoms with Gasteiger partial charge in [-0.2, -0.15) is 10.4 Å². The SMILES string of the molecule is N#CC[C@@H](C1CCCC1)n1cc(-c2ncnc3[nH]ccc23)cn1.O=C(O[C@H](C(=O)O)[C@H](OC(=O)c1ccccc1)C(=O)O)c1ccccc1. The summed E-state index contributed by atoms with van der Waals surface area (Å²) in [6, 6.07) is 19.3. The fourth-order valence-electron chi connectivity index (χ4n) is 5.65. The molecule has 0 unspecified atom stereocenters. The molecule has 1 fully saturated rings. The van der Waals surface area contributed by atoms with Gasteiger partial charge in [-0.1, -0.05) is 49.2 Å². The number of esters is 2. The standard InChI is InChI=1S/C18H14O8.C17H18N6/c19-15(20)13(25-17(23)11-7-3-1-4-8-11)14(16(21)22)26-18(24)12-9-5-2-6-10-12;18-7-5-15(12-3-1-2-4-12)23-10-13(9-22-23)16-14-6-8-19-17(14)21-11-20-16/h1-10,13-14H,(H,19,20)(H,21,22);6,8-12,15H,1-5H2,(H,19,20,21)/t13-,14-;15-/m00/s1. The first-order chi connectivity index (χ1) is 23.8. The molecule has 14 nitrogen and oxygen atoms in total. The van der Waals surface area contributed by atoms with Gasteiger partial charge in [0.1, 0.15) is 12.0 Å². The Labute approximate surface area is 280 Å². The van der Waals surface area contributed by atoms with Crippen molar-refractivity contribution in [3.05, 3.63) is 103 Å². The number of carboxylic acids is 2. The maximum Gasteiger partial charge on any atom is 0.349 e. The Morgan fingerprint density at radius 3 is 1.98 bits per heavy atom. The van der Waals surface area contributed by atoms with Crippen LogP contribution in [0, 0.1) is 17.2 Å². The van der Waals surface area contributed by atoms with Gasteiger partial charge in [0, 0.05) is 23.3 Å². The first-order valence-electron chi connectivity index (χ1n) is 15.4. The molecule has 0 aliphatic heterocycles. The van der Waals surface area contributed by atoms with E-state index in [1.54, 1.807) is 18.5 Å². The molecular weight excluding hydrogens is 632 g/mol. The molecule has 3 aromatic heterocycles. The zero-order valence-corrected chi connectivity index (χ0v) is 26.1. The van der Waals surface area contributed by atoms with Crippen molar-refractivity contribution in [2.24, 2.45) is 5.92 Å². The van der Waals surface area contributed by atoms with Gasteiger partial charge in [-0.3, -0.25) is 4.68 Å². The highest BCUT2D eigenvalue weighted by Crippen LogP contribution is 2.36. The van der Waals surface area contributed by atoms with Crippen LogP contribution in [0.1, 0.15) is 58.9 Å². The second kappa shape index (κ2) is 16.0. The quantitative estimate of drug-likeness (QED) is 0.158. The average Bonchev–Trinajstić information content (AvgIpc) is 3.92. The lowest BCUT2D eigenvalue weighted by atomic mass is 9.96. The van der Waals surface area contributed by atoms with Gasteiger partial charge in [0.15, 0.2) is 0 Å². The number of ether oxygens (including phenoxy) is 2. The Kier molecular flexibility index (Phi) is 11.1. The van der Waals surface area contributed by atoms with Gasteiger partial charge in [0.2, 0.25) is 12.2 Å². The Balaban J connectivity index is 0.000000192. The molecule has 250 valence electrons. The van der Waals surface area contributed by atoms with Crippen molar-refractivity contribution in [1.82, 2.24) is 24.7 Å². The minimum absolute atomic E-state index is 0.0253. The largest absolute Gasteiger partial charge is 0.478 e. The number of carbonyl (C=O) groups is 4. The highest BCUT2D eigenvalue weighted by Gasteiger charge is 2.41. The third kappa shape index (κ3) is 8.33. The summed E-state index contributed by atoms with van der Waals surface area (Å²) in [6.07, 6.45) is 8.28. The summed E-state index contributed by atoms with van der Waals surface area (Å²) >= 11 is 0. The van der Waals surface area contributed by atoms with Crippen molar-refractivity contribution in [3.8, 4) is 17.3 Å². The van der Waals surface area contributed by atoms with Crippen molar-refractivity contribution >= 4 is 34.9 Å². The summed E-state index contributed by atoms with van der Waals surface area (Å²) in [5.41, 5.74) is 2.73. The van der Waals surface area contributed by atoms with Crippen LogP contribution in [0.3, 0.4) is 0 Å². The van der Waals surface area contributed by atoms with Gasteiger partial charge in [-0.25, -0.2) is 29.1 Å². The van der Waals surface area contributed by atoms with Gasteiger partial charge in [0.05, 0.1) is 41.5 Å². The van der Waals surface area contributed by atoms with E-state index < -0.39 is 36.1 Å². The number of hydrogen-bond donors (Lipinski definition) is 3. The monoisotopic (exact) mass is 664 g/mol. The lowest BCUT2D eigenvalue weighted by Crippen LogP contribution is -2.45. The fraction of sp³-hybridized carbons (Fsp3) is 0.257. The molecule has 0 saturated heterocycles. The number of aromatic nitrogens is 5. The predicted molar refractivity (Wildman–Crippen MR) is 173 cm³/mol. The number of nitrogens with one attached hydrogen (secondary N) is 1. The van der Waals surface area contributed by atoms with Crippen LogP contribution in [0.15, 0.2) is 91.6 Å². The number of aliphatic carboxylic acids is 2. The van der Waals surface area contributed by atoms with Crippen LogP contribution < -0.4 is 0 Å². The van der Waals surface area contributed by atoms with Crippen LogP contribution in [0.2, 0.25) is 0 Å². The van der Waals surface area contributed by atoms with Crippen molar-refractivity contribution in [2.75, 3.05) is 0 Å². The first kappa shape index (κ1) is 34.0. The third-order valence-corrected chi connectivity index (χ3v) is 8.06. The average molecular weight is 665 g/mol. The number of benzene rings is 2. The van der Waals surface area contributed by atoms with E-state index in [0.717, 1.165) is 22.3 Å². The summed E-state index contributed by atoms with van der Waals surface area (Å²) in [6.45, 7) is 0. The van der Waals surface area contributed by atoms with Crippen LogP contribution in [-0.4, -0.2) is 71.0 Å². The smallest absolute Gasteiger partial charge is 0.349 e. The molecule has 1 aliphatic carbocycles. The van der Waals surface area contributed by atoms with Crippen molar-refractivity contribution < 1.29 is 38.9 Å². The third-order valence-electron chi connectivity index (χ3n) is 8.06. The van der Waals surface area contributed by atoms with Crippen LogP contribution in [0.25, 0.3) is 22.3 Å². The lowest BCUT2D eigenvalue weighted by molar-refractivity contribution is -0.166. The molecule has 2 aromatic carbocycles. The Morgan fingerprint density at radius 1 is 0.878 bits per heavy atom. The maximum absolute atomic E-state index is 12.0. The second-order valence-corrected chi connectivity index (χ2v) is 11.2. The molecule has 0 spiro atoms. The maximum atomic E-state index is 12.0. The first-order valence-corrected chi connectivity index (χ1v) is 15.4. The van der Waals surface area contributed by atoms with Crippen molar-refractivity contribution in [2.45, 2.75) is 50.4 Å². The van der Waals surface area contributed by atoms with Crippen molar-refractivity contribution in [1.29, 1.82) is 5.26 Å². The molecule has 1 saturated carbocycles. The van der Waals surface area contributed by atoms with Crippen LogP contribution in [0.4, 0.5) is 0 Å². The summed E-state index contributed by atoms with van der Waals surface area (Å²) in [7, 11) is 0. The zero-order valence-electron chi connectivity index (χ0n) is 26.1. The number of nitriles is 1. The molecule has 0 radical (unpaired) electrons. The van der Waals surface area contributed by atoms with E-state index in [1.165, 1.54) is 74.2 Å². The van der Waals surface area contributed by atoms with Gasteiger partial charge < -0.3 is 24.7 Å². The van der Waals surface area contributed by atoms with E-state index in [9.17, 15) is 34.7 Å². The summed E-state index contributed by atoms with van der Waals surface area (Å²) in [5.74, 6) is -5.08. The molecule has 49 heavy (non-hydrogen) atoms. The number of rotatable bonds is 11. The highest BCUT2D eigenvalue weighted by atomic mass is 16.6. The number of carboxylic acid groups (broad SMARTS) is 2. The van der Waals surface area contributed by atoms with Gasteiger partial charge >= 0.3 is 23.9 Å². The highest BCUT2D eigenvalue weighted by molar-refractivity contribution is 5.95. The Hall–Kier alpha value is -6.36. The lowest BCUT2D eigenvalue weighted by Gasteiger charge is -2.21. The molecule has 3 atom stereocenters. The van der Waals surface area contributed by atoms with Gasteiger partial charge in [-0.15, -0.1) is 0 Å².